The van der Waals surface area contributed by atoms with Crippen LogP contribution in [0.3, 0.4) is 0 Å². The molecule has 6 atom stereocenters. The third kappa shape index (κ3) is 3.31. The summed E-state index contributed by atoms with van der Waals surface area (Å²) >= 11 is 0. The molecule has 8 nitrogen and oxygen atoms in total. The van der Waals surface area contributed by atoms with E-state index >= 15 is 0 Å². The van der Waals surface area contributed by atoms with Crippen LogP contribution < -0.4 is 0 Å². The zero-order chi connectivity index (χ0) is 25.1. The number of rotatable bonds is 4. The molecule has 1 amide bonds. The first kappa shape index (κ1) is 24.1. The highest BCUT2D eigenvalue weighted by atomic mass is 16.6. The van der Waals surface area contributed by atoms with E-state index in [2.05, 4.69) is 6.92 Å². The molecule has 0 radical (unpaired) electrons. The van der Waals surface area contributed by atoms with Gasteiger partial charge in [0.25, 0.3) is 0 Å². The van der Waals surface area contributed by atoms with Gasteiger partial charge >= 0.3 is 17.9 Å². The van der Waals surface area contributed by atoms with Crippen LogP contribution in [0.1, 0.15) is 65.7 Å². The number of carbonyl (C=O) groups is 4. The van der Waals surface area contributed by atoms with Crippen LogP contribution in [-0.2, 0) is 33.4 Å². The minimum Gasteiger partial charge on any atom is -0.469 e. The van der Waals surface area contributed by atoms with Crippen LogP contribution in [0.2, 0.25) is 0 Å². The van der Waals surface area contributed by atoms with E-state index in [4.69, 9.17) is 14.2 Å². The van der Waals surface area contributed by atoms with Crippen molar-refractivity contribution in [3.63, 3.8) is 0 Å². The number of hydrogen-bond acceptors (Lipinski definition) is 7. The van der Waals surface area contributed by atoms with Crippen LogP contribution in [0, 0.1) is 28.6 Å². The van der Waals surface area contributed by atoms with Gasteiger partial charge in [0.15, 0.2) is 0 Å². The van der Waals surface area contributed by atoms with Crippen LogP contribution in [0.5, 0.6) is 0 Å². The number of amides is 1. The van der Waals surface area contributed by atoms with Crippen molar-refractivity contribution in [2.24, 2.45) is 28.6 Å². The van der Waals surface area contributed by atoms with Crippen molar-refractivity contribution in [2.45, 2.75) is 71.8 Å². The number of methoxy groups -OCH3 is 1. The molecule has 4 bridgehead atoms. The number of carbonyl (C=O) groups excluding carboxylic acids is 4. The average Bonchev–Trinajstić information content (AvgIpc) is 3.36. The van der Waals surface area contributed by atoms with Crippen LogP contribution in [0.15, 0.2) is 22.9 Å². The summed E-state index contributed by atoms with van der Waals surface area (Å²) in [5.41, 5.74) is 1.09. The predicted molar refractivity (Wildman–Crippen MR) is 124 cm³/mol. The molecule has 8 heteroatoms. The van der Waals surface area contributed by atoms with E-state index in [0.717, 1.165) is 36.8 Å². The van der Waals surface area contributed by atoms with Crippen molar-refractivity contribution >= 4 is 23.8 Å². The minimum absolute atomic E-state index is 0.0581. The Balaban J connectivity index is 1.83. The molecule has 0 unspecified atom stereocenters. The molecule has 0 N–H and O–H groups in total. The molecule has 3 aliphatic carbocycles. The molecule has 0 aromatic rings. The van der Waals surface area contributed by atoms with E-state index < -0.39 is 34.8 Å². The van der Waals surface area contributed by atoms with Gasteiger partial charge in [0.2, 0.25) is 5.91 Å². The van der Waals surface area contributed by atoms with Gasteiger partial charge in [0.05, 0.1) is 23.9 Å². The standard InChI is InChI=1S/C27H35NO7/c1-15-5-10-22(35-17(3)30)27(14-34-16(2)29)19-8-6-18-7-9-20-21(24(31)33-4)11-26(27,23(18)20)25(32)28(12-15)13-19/h13,15,20-22H,5-12,14H2,1-4H3/t15-,20+,21+,22-,26-,27+/m0/s1. The van der Waals surface area contributed by atoms with Crippen molar-refractivity contribution in [2.75, 3.05) is 20.3 Å². The van der Waals surface area contributed by atoms with E-state index in [0.29, 0.717) is 19.4 Å². The first-order chi connectivity index (χ1) is 16.7. The van der Waals surface area contributed by atoms with Crippen molar-refractivity contribution in [3.8, 4) is 0 Å². The van der Waals surface area contributed by atoms with Crippen LogP contribution in [0.25, 0.3) is 0 Å². The third-order valence-corrected chi connectivity index (χ3v) is 9.24. The number of ether oxygens (including phenoxy) is 3. The van der Waals surface area contributed by atoms with Gasteiger partial charge in [-0.1, -0.05) is 18.1 Å². The highest BCUT2D eigenvalue weighted by molar-refractivity contribution is 5.94. The fourth-order valence-electron chi connectivity index (χ4n) is 8.01. The Hall–Kier alpha value is -2.64. The van der Waals surface area contributed by atoms with Crippen molar-refractivity contribution in [1.82, 2.24) is 4.90 Å². The lowest BCUT2D eigenvalue weighted by Crippen LogP contribution is -2.63. The zero-order valence-corrected chi connectivity index (χ0v) is 21.1. The summed E-state index contributed by atoms with van der Waals surface area (Å²) in [5, 5.41) is 0. The van der Waals surface area contributed by atoms with Gasteiger partial charge in [-0.3, -0.25) is 19.2 Å². The molecule has 6 aliphatic rings. The first-order valence-electron chi connectivity index (χ1n) is 12.8. The summed E-state index contributed by atoms with van der Waals surface area (Å²) < 4.78 is 17.0. The summed E-state index contributed by atoms with van der Waals surface area (Å²) in [6, 6.07) is 0. The SMILES string of the molecule is COC(=O)[C@@H]1C[C@@]23C(=O)N4C=C(CCC5=C2[C@@H]1CC5)[C@]3(COC(C)=O)[C@@H](OC(C)=O)CC[C@H](C)C4. The molecule has 0 aromatic heterocycles. The van der Waals surface area contributed by atoms with Gasteiger partial charge in [-0.2, -0.15) is 0 Å². The van der Waals surface area contributed by atoms with Gasteiger partial charge in [-0.25, -0.2) is 0 Å². The molecular formula is C27H35NO7. The number of allylic oxidation sites excluding steroid dienone is 1. The summed E-state index contributed by atoms with van der Waals surface area (Å²) in [5.74, 6) is -1.59. The lowest BCUT2D eigenvalue weighted by molar-refractivity contribution is -0.179. The second kappa shape index (κ2) is 8.49. The number of esters is 3. The molecule has 190 valence electrons. The maximum absolute atomic E-state index is 14.7. The normalized spacial score (nSPS) is 37.5. The van der Waals surface area contributed by atoms with Gasteiger partial charge in [0, 0.05) is 26.6 Å². The summed E-state index contributed by atoms with van der Waals surface area (Å²) in [4.78, 5) is 54.2. The molecule has 0 aromatic carbocycles. The predicted octanol–water partition coefficient (Wildman–Crippen LogP) is 3.30. The lowest BCUT2D eigenvalue weighted by atomic mass is 9.52. The molecule has 3 heterocycles. The Morgan fingerprint density at radius 1 is 1.09 bits per heavy atom. The van der Waals surface area contributed by atoms with Gasteiger partial charge in [-0.05, 0) is 62.4 Å². The van der Waals surface area contributed by atoms with E-state index in [1.165, 1.54) is 26.5 Å². The highest BCUT2D eigenvalue weighted by Crippen LogP contribution is 2.71. The van der Waals surface area contributed by atoms with Crippen LogP contribution in [0.4, 0.5) is 0 Å². The molecule has 2 fully saturated rings. The Bertz CT molecular complexity index is 1040. The van der Waals surface area contributed by atoms with E-state index in [-0.39, 0.29) is 36.7 Å². The number of nitrogens with zero attached hydrogens (tertiary/aromatic N) is 1. The molecule has 1 saturated carbocycles. The smallest absolute Gasteiger partial charge is 0.309 e. The minimum atomic E-state index is -1.11. The highest BCUT2D eigenvalue weighted by Gasteiger charge is 2.74. The third-order valence-electron chi connectivity index (χ3n) is 9.24. The Morgan fingerprint density at radius 3 is 2.54 bits per heavy atom. The van der Waals surface area contributed by atoms with Crippen molar-refractivity contribution < 1.29 is 33.4 Å². The fourth-order valence-corrected chi connectivity index (χ4v) is 8.01. The number of fused-ring (bicyclic) bond motifs is 4. The molecule has 1 spiro atoms. The molecule has 3 aliphatic heterocycles. The maximum atomic E-state index is 14.7. The van der Waals surface area contributed by atoms with E-state index in [9.17, 15) is 19.2 Å². The lowest BCUT2D eigenvalue weighted by Gasteiger charge is -2.55. The first-order valence-corrected chi connectivity index (χ1v) is 12.8. The topological polar surface area (TPSA) is 99.2 Å². The van der Waals surface area contributed by atoms with E-state index in [1.807, 2.05) is 11.1 Å². The monoisotopic (exact) mass is 485 g/mol. The summed E-state index contributed by atoms with van der Waals surface area (Å²) in [6.45, 7) is 5.35. The van der Waals surface area contributed by atoms with Gasteiger partial charge < -0.3 is 19.1 Å². The number of hydrogen-bond donors (Lipinski definition) is 0. The Kier molecular flexibility index (Phi) is 5.84. The van der Waals surface area contributed by atoms with Crippen LogP contribution >= 0.6 is 0 Å². The summed E-state index contributed by atoms with van der Waals surface area (Å²) in [7, 11) is 1.39. The van der Waals surface area contributed by atoms with Crippen LogP contribution in [-0.4, -0.2) is 55.1 Å². The quantitative estimate of drug-likeness (QED) is 0.342. The molecule has 35 heavy (non-hydrogen) atoms. The Morgan fingerprint density at radius 2 is 1.86 bits per heavy atom. The largest absolute Gasteiger partial charge is 0.469 e. The molecular weight excluding hydrogens is 450 g/mol. The van der Waals surface area contributed by atoms with Gasteiger partial charge in [0.1, 0.15) is 12.7 Å². The Labute approximate surface area is 206 Å². The van der Waals surface area contributed by atoms with Crippen molar-refractivity contribution in [1.29, 1.82) is 0 Å². The second-order valence-corrected chi connectivity index (χ2v) is 11.0. The average molecular weight is 486 g/mol. The second-order valence-electron chi connectivity index (χ2n) is 11.0. The molecule has 1 saturated heterocycles. The molecule has 6 rings (SSSR count). The zero-order valence-electron chi connectivity index (χ0n) is 21.1. The maximum Gasteiger partial charge on any atom is 0.309 e. The van der Waals surface area contributed by atoms with Crippen molar-refractivity contribution in [3.05, 3.63) is 22.9 Å². The van der Waals surface area contributed by atoms with Gasteiger partial charge in [-0.15, -0.1) is 0 Å². The van der Waals surface area contributed by atoms with E-state index in [1.54, 1.807) is 0 Å². The summed E-state index contributed by atoms with van der Waals surface area (Å²) in [6.07, 6.45) is 6.02. The fraction of sp³-hybridized carbons (Fsp3) is 0.704.